The highest BCUT2D eigenvalue weighted by atomic mass is 79.9. The van der Waals surface area contributed by atoms with E-state index in [1.165, 1.54) is 0 Å². The molecule has 0 amide bonds. The molecule has 2 aromatic heterocycles. The van der Waals surface area contributed by atoms with Crippen LogP contribution in [0.1, 0.15) is 11.3 Å². The van der Waals surface area contributed by atoms with E-state index in [9.17, 15) is 0 Å². The molecule has 1 aromatic carbocycles. The summed E-state index contributed by atoms with van der Waals surface area (Å²) in [6.45, 7) is 2.51. The van der Waals surface area contributed by atoms with Crippen molar-refractivity contribution in [2.75, 3.05) is 0 Å². The molecule has 2 heterocycles. The van der Waals surface area contributed by atoms with Crippen LogP contribution >= 0.6 is 15.9 Å². The number of ether oxygens (including phenoxy) is 1. The van der Waals surface area contributed by atoms with Crippen LogP contribution in [0.25, 0.3) is 5.65 Å². The molecule has 0 aliphatic rings. The number of aromatic nitrogens is 2. The first-order valence-electron chi connectivity index (χ1n) is 6.04. The highest BCUT2D eigenvalue weighted by Gasteiger charge is 2.07. The second-order valence-electron chi connectivity index (χ2n) is 4.41. The Bertz CT molecular complexity index is 707. The van der Waals surface area contributed by atoms with Crippen molar-refractivity contribution in [3.05, 3.63) is 64.5 Å². The molecular weight excluding hydrogens is 304 g/mol. The number of fused-ring (bicyclic) bond motifs is 1. The number of halogens is 1. The van der Waals surface area contributed by atoms with Crippen LogP contribution in [-0.4, -0.2) is 9.38 Å². The molecule has 19 heavy (non-hydrogen) atoms. The topological polar surface area (TPSA) is 26.5 Å². The molecule has 96 valence electrons. The van der Waals surface area contributed by atoms with E-state index in [4.69, 9.17) is 4.74 Å². The summed E-state index contributed by atoms with van der Waals surface area (Å²) in [5, 5.41) is 0. The van der Waals surface area contributed by atoms with Crippen molar-refractivity contribution in [1.82, 2.24) is 9.38 Å². The molecule has 0 bridgehead atoms. The van der Waals surface area contributed by atoms with Crippen LogP contribution < -0.4 is 4.74 Å². The van der Waals surface area contributed by atoms with Crippen molar-refractivity contribution in [2.45, 2.75) is 13.5 Å². The third kappa shape index (κ3) is 2.63. The molecule has 0 atom stereocenters. The van der Waals surface area contributed by atoms with Gasteiger partial charge in [-0.15, -0.1) is 0 Å². The lowest BCUT2D eigenvalue weighted by atomic mass is 10.2. The lowest BCUT2D eigenvalue weighted by Gasteiger charge is -2.08. The lowest BCUT2D eigenvalue weighted by Crippen LogP contribution is -1.97. The summed E-state index contributed by atoms with van der Waals surface area (Å²) in [6.07, 6.45) is 3.96. The number of nitrogens with zero attached hydrogens (tertiary/aromatic N) is 2. The number of pyridine rings is 1. The average Bonchev–Trinajstić information content (AvgIpc) is 2.77. The number of hydrogen-bond donors (Lipinski definition) is 0. The highest BCUT2D eigenvalue weighted by molar-refractivity contribution is 9.10. The molecule has 0 unspecified atom stereocenters. The van der Waals surface area contributed by atoms with Gasteiger partial charge >= 0.3 is 0 Å². The Morgan fingerprint density at radius 3 is 2.79 bits per heavy atom. The van der Waals surface area contributed by atoms with E-state index >= 15 is 0 Å². The zero-order valence-corrected chi connectivity index (χ0v) is 12.1. The van der Waals surface area contributed by atoms with Crippen molar-refractivity contribution in [2.24, 2.45) is 0 Å². The SMILES string of the molecule is Cc1cn2cc(Br)cc(OCc3ccccc3)c2n1. The fourth-order valence-corrected chi connectivity index (χ4v) is 2.43. The maximum atomic E-state index is 5.89. The van der Waals surface area contributed by atoms with Gasteiger partial charge in [0.1, 0.15) is 6.61 Å². The molecule has 0 spiro atoms. The average molecular weight is 317 g/mol. The van der Waals surface area contributed by atoms with E-state index in [0.717, 1.165) is 27.1 Å². The van der Waals surface area contributed by atoms with Crippen LogP contribution in [0.15, 0.2) is 53.3 Å². The van der Waals surface area contributed by atoms with E-state index in [2.05, 4.69) is 20.9 Å². The molecule has 0 saturated carbocycles. The molecule has 0 aliphatic carbocycles. The molecule has 0 aliphatic heterocycles. The molecule has 3 nitrogen and oxygen atoms in total. The predicted molar refractivity (Wildman–Crippen MR) is 78.4 cm³/mol. The molecule has 3 aromatic rings. The summed E-state index contributed by atoms with van der Waals surface area (Å²) in [5.74, 6) is 0.784. The maximum Gasteiger partial charge on any atom is 0.180 e. The zero-order valence-electron chi connectivity index (χ0n) is 10.5. The second kappa shape index (κ2) is 5.05. The lowest BCUT2D eigenvalue weighted by molar-refractivity contribution is 0.308. The third-order valence-electron chi connectivity index (χ3n) is 2.84. The second-order valence-corrected chi connectivity index (χ2v) is 5.33. The van der Waals surface area contributed by atoms with Crippen LogP contribution in [0.2, 0.25) is 0 Å². The first-order chi connectivity index (χ1) is 9.22. The molecule has 0 N–H and O–H groups in total. The van der Waals surface area contributed by atoms with Crippen molar-refractivity contribution in [3.63, 3.8) is 0 Å². The van der Waals surface area contributed by atoms with Gasteiger partial charge in [0.25, 0.3) is 0 Å². The normalized spacial score (nSPS) is 10.8. The van der Waals surface area contributed by atoms with Gasteiger partial charge in [-0.3, -0.25) is 0 Å². The summed E-state index contributed by atoms with van der Waals surface area (Å²) < 4.78 is 8.83. The molecule has 3 rings (SSSR count). The van der Waals surface area contributed by atoms with E-state index in [1.54, 1.807) is 0 Å². The van der Waals surface area contributed by atoms with Gasteiger partial charge in [0.05, 0.1) is 5.69 Å². The van der Waals surface area contributed by atoms with E-state index < -0.39 is 0 Å². The number of aryl methyl sites for hydroxylation is 1. The predicted octanol–water partition coefficient (Wildman–Crippen LogP) is 3.98. The standard InChI is InChI=1S/C15H13BrN2O/c1-11-8-18-9-13(16)7-14(15(18)17-11)19-10-12-5-3-2-4-6-12/h2-9H,10H2,1H3. The number of hydrogen-bond acceptors (Lipinski definition) is 2. The fraction of sp³-hybridized carbons (Fsp3) is 0.133. The van der Waals surface area contributed by atoms with Gasteiger partial charge in [0, 0.05) is 16.9 Å². The number of rotatable bonds is 3. The molecule has 0 saturated heterocycles. The fourth-order valence-electron chi connectivity index (χ4n) is 2.00. The maximum absolute atomic E-state index is 5.89. The Labute approximate surface area is 120 Å². The Morgan fingerprint density at radius 1 is 1.21 bits per heavy atom. The van der Waals surface area contributed by atoms with Crippen molar-refractivity contribution in [1.29, 1.82) is 0 Å². The van der Waals surface area contributed by atoms with Crippen molar-refractivity contribution in [3.8, 4) is 5.75 Å². The molecular formula is C15H13BrN2O. The van der Waals surface area contributed by atoms with E-state index in [-0.39, 0.29) is 0 Å². The highest BCUT2D eigenvalue weighted by Crippen LogP contribution is 2.25. The van der Waals surface area contributed by atoms with Gasteiger partial charge in [0.2, 0.25) is 0 Å². The van der Waals surface area contributed by atoms with Crippen LogP contribution in [0.5, 0.6) is 5.75 Å². The van der Waals surface area contributed by atoms with Crippen LogP contribution in [0.3, 0.4) is 0 Å². The van der Waals surface area contributed by atoms with E-state index in [1.807, 2.05) is 60.1 Å². The molecule has 0 radical (unpaired) electrons. The third-order valence-corrected chi connectivity index (χ3v) is 3.28. The van der Waals surface area contributed by atoms with Gasteiger partial charge in [-0.1, -0.05) is 30.3 Å². The molecule has 0 fully saturated rings. The summed E-state index contributed by atoms with van der Waals surface area (Å²) in [4.78, 5) is 4.48. The number of imidazole rings is 1. The minimum atomic E-state index is 0.541. The van der Waals surface area contributed by atoms with Crippen molar-refractivity contribution >= 4 is 21.6 Å². The minimum Gasteiger partial charge on any atom is -0.485 e. The first kappa shape index (κ1) is 12.2. The Balaban J connectivity index is 1.92. The Morgan fingerprint density at radius 2 is 2.00 bits per heavy atom. The van der Waals surface area contributed by atoms with Crippen LogP contribution in [0.4, 0.5) is 0 Å². The monoisotopic (exact) mass is 316 g/mol. The smallest absolute Gasteiger partial charge is 0.180 e. The quantitative estimate of drug-likeness (QED) is 0.730. The number of benzene rings is 1. The van der Waals surface area contributed by atoms with Gasteiger partial charge in [-0.2, -0.15) is 0 Å². The van der Waals surface area contributed by atoms with Crippen LogP contribution in [0, 0.1) is 6.92 Å². The minimum absolute atomic E-state index is 0.541. The Hall–Kier alpha value is -1.81. The largest absolute Gasteiger partial charge is 0.485 e. The summed E-state index contributed by atoms with van der Waals surface area (Å²) in [6, 6.07) is 12.1. The van der Waals surface area contributed by atoms with Crippen molar-refractivity contribution < 1.29 is 4.74 Å². The summed E-state index contributed by atoms with van der Waals surface area (Å²) >= 11 is 3.49. The van der Waals surface area contributed by atoms with Gasteiger partial charge in [-0.25, -0.2) is 4.98 Å². The Kier molecular flexibility index (Phi) is 3.25. The van der Waals surface area contributed by atoms with Crippen LogP contribution in [-0.2, 0) is 6.61 Å². The first-order valence-corrected chi connectivity index (χ1v) is 6.83. The van der Waals surface area contributed by atoms with Gasteiger partial charge in [0.15, 0.2) is 11.4 Å². The van der Waals surface area contributed by atoms with Gasteiger partial charge in [-0.05, 0) is 34.5 Å². The summed E-state index contributed by atoms with van der Waals surface area (Å²) in [7, 11) is 0. The van der Waals surface area contributed by atoms with Gasteiger partial charge < -0.3 is 9.14 Å². The van der Waals surface area contributed by atoms with E-state index in [0.29, 0.717) is 6.61 Å². The summed E-state index contributed by atoms with van der Waals surface area (Å²) in [5.41, 5.74) is 2.96. The molecule has 4 heteroatoms. The zero-order chi connectivity index (χ0) is 13.2.